The van der Waals surface area contributed by atoms with Crippen LogP contribution >= 0.6 is 7.14 Å². The highest BCUT2D eigenvalue weighted by atomic mass is 32.2. The molecule has 0 saturated heterocycles. The molecule has 0 aliphatic rings. The second-order valence-corrected chi connectivity index (χ2v) is 7.98. The first-order valence-corrected chi connectivity index (χ1v) is 7.22. The first kappa shape index (κ1) is 11.1. The van der Waals surface area contributed by atoms with Crippen molar-refractivity contribution < 1.29 is 17.5 Å². The molecule has 0 amide bonds. The minimum absolute atomic E-state index is 0.323. The van der Waals surface area contributed by atoms with Crippen LogP contribution in [0.15, 0.2) is 0 Å². The van der Waals surface area contributed by atoms with E-state index in [1.165, 1.54) is 0 Å². The molecule has 0 heterocycles. The minimum atomic E-state index is -4.07. The molecule has 0 fully saturated rings. The Morgan fingerprint density at radius 1 is 1.27 bits per heavy atom. The molecule has 0 aromatic carbocycles. The van der Waals surface area contributed by atoms with Gasteiger partial charge in [-0.15, -0.1) is 0 Å². The molecule has 0 bridgehead atoms. The molecule has 0 aliphatic heterocycles. The zero-order valence-electron chi connectivity index (χ0n) is 6.65. The van der Waals surface area contributed by atoms with Crippen molar-refractivity contribution >= 4 is 17.3 Å². The van der Waals surface area contributed by atoms with Crippen LogP contribution in [0.4, 0.5) is 0 Å². The molecule has 0 aliphatic carbocycles. The van der Waals surface area contributed by atoms with Gasteiger partial charge in [-0.05, 0) is 12.3 Å². The van der Waals surface area contributed by atoms with Gasteiger partial charge in [-0.3, -0.25) is 4.55 Å². The van der Waals surface area contributed by atoms with Crippen molar-refractivity contribution in [3.63, 3.8) is 0 Å². The van der Waals surface area contributed by atoms with Crippen molar-refractivity contribution in [3.05, 3.63) is 0 Å². The largest absolute Gasteiger partial charge is 0.322 e. The molecular formula is C5H13O4PS. The molecule has 0 radical (unpaired) electrons. The summed E-state index contributed by atoms with van der Waals surface area (Å²) in [7, 11) is -6.71. The molecule has 0 rings (SSSR count). The van der Waals surface area contributed by atoms with E-state index in [1.54, 1.807) is 13.8 Å². The maximum Gasteiger partial charge on any atom is 0.271 e. The van der Waals surface area contributed by atoms with E-state index in [4.69, 9.17) is 4.55 Å². The molecule has 6 heteroatoms. The van der Waals surface area contributed by atoms with Crippen LogP contribution in [0.1, 0.15) is 13.8 Å². The van der Waals surface area contributed by atoms with Crippen LogP contribution in [0.25, 0.3) is 0 Å². The standard InChI is InChI=1S/C5H13O4PS/c1-3-10(6,4-2)5-11(7,8)9/h3-5H2,1-2H3,(H,7,8,9). The van der Waals surface area contributed by atoms with Crippen molar-refractivity contribution in [2.24, 2.45) is 0 Å². The lowest BCUT2D eigenvalue weighted by atomic mass is 11.0. The first-order valence-electron chi connectivity index (χ1n) is 3.35. The number of hydrogen-bond acceptors (Lipinski definition) is 3. The van der Waals surface area contributed by atoms with Crippen LogP contribution in [0.5, 0.6) is 0 Å². The van der Waals surface area contributed by atoms with Crippen molar-refractivity contribution in [1.29, 1.82) is 0 Å². The quantitative estimate of drug-likeness (QED) is 0.547. The normalized spacial score (nSPS) is 13.4. The molecule has 0 unspecified atom stereocenters. The molecule has 4 nitrogen and oxygen atoms in total. The Morgan fingerprint density at radius 3 is 1.73 bits per heavy atom. The van der Waals surface area contributed by atoms with Gasteiger partial charge in [-0.2, -0.15) is 8.42 Å². The van der Waals surface area contributed by atoms with Crippen molar-refractivity contribution in [1.82, 2.24) is 0 Å². The second-order valence-electron chi connectivity index (χ2n) is 2.40. The first-order chi connectivity index (χ1) is 4.83. The molecule has 1 N–H and O–H groups in total. The van der Waals surface area contributed by atoms with Crippen molar-refractivity contribution in [2.75, 3.05) is 17.8 Å². The van der Waals surface area contributed by atoms with E-state index in [1.807, 2.05) is 0 Å². The van der Waals surface area contributed by atoms with Gasteiger partial charge in [0.25, 0.3) is 10.1 Å². The predicted molar refractivity (Wildman–Crippen MR) is 45.1 cm³/mol. The Bertz CT molecular complexity index is 248. The van der Waals surface area contributed by atoms with E-state index in [-0.39, 0.29) is 0 Å². The van der Waals surface area contributed by atoms with Crippen LogP contribution < -0.4 is 0 Å². The summed E-state index contributed by atoms with van der Waals surface area (Å²) in [5.74, 6) is 0. The molecule has 0 saturated carbocycles. The zero-order chi connectivity index (χ0) is 9.12. The van der Waals surface area contributed by atoms with E-state index in [0.717, 1.165) is 0 Å². The fourth-order valence-corrected chi connectivity index (χ4v) is 4.99. The summed E-state index contributed by atoms with van der Waals surface area (Å²) in [6.45, 7) is 3.32. The molecule has 0 spiro atoms. The van der Waals surface area contributed by atoms with Crippen LogP contribution in [0.2, 0.25) is 0 Å². The fourth-order valence-electron chi connectivity index (χ4n) is 0.704. The Labute approximate surface area is 67.1 Å². The summed E-state index contributed by atoms with van der Waals surface area (Å²) in [5, 5.41) is 0. The van der Waals surface area contributed by atoms with Crippen LogP contribution in [0.3, 0.4) is 0 Å². The Kier molecular flexibility index (Phi) is 3.74. The molecule has 0 aromatic heterocycles. The maximum atomic E-state index is 11.4. The van der Waals surface area contributed by atoms with Crippen LogP contribution in [-0.2, 0) is 14.7 Å². The SMILES string of the molecule is CCP(=O)(CC)CS(=O)(=O)O. The molecule has 0 aromatic rings. The minimum Gasteiger partial charge on any atom is -0.322 e. The lowest BCUT2D eigenvalue weighted by Gasteiger charge is -2.10. The van der Waals surface area contributed by atoms with Gasteiger partial charge in [0.05, 0.1) is 0 Å². The van der Waals surface area contributed by atoms with Gasteiger partial charge in [0.1, 0.15) is 12.6 Å². The Morgan fingerprint density at radius 2 is 1.64 bits per heavy atom. The molecule has 0 atom stereocenters. The van der Waals surface area contributed by atoms with Crippen molar-refractivity contribution in [2.45, 2.75) is 13.8 Å². The van der Waals surface area contributed by atoms with E-state index < -0.39 is 22.8 Å². The maximum absolute atomic E-state index is 11.4. The third-order valence-corrected chi connectivity index (χ3v) is 7.04. The average Bonchev–Trinajstić information content (AvgIpc) is 1.84. The summed E-state index contributed by atoms with van der Waals surface area (Å²) in [4.78, 5) is 0. The Hall–Kier alpha value is 0.140. The zero-order valence-corrected chi connectivity index (χ0v) is 8.36. The number of hydrogen-bond donors (Lipinski definition) is 1. The van der Waals surface area contributed by atoms with Gasteiger partial charge in [-0.25, -0.2) is 0 Å². The third kappa shape index (κ3) is 4.56. The summed E-state index contributed by atoms with van der Waals surface area (Å²) < 4.78 is 40.5. The summed E-state index contributed by atoms with van der Waals surface area (Å²) in [6, 6.07) is 0. The van der Waals surface area contributed by atoms with Gasteiger partial charge in [0, 0.05) is 0 Å². The highest BCUT2D eigenvalue weighted by Crippen LogP contribution is 2.45. The smallest absolute Gasteiger partial charge is 0.271 e. The highest BCUT2D eigenvalue weighted by Gasteiger charge is 2.23. The van der Waals surface area contributed by atoms with Gasteiger partial charge in [0.2, 0.25) is 0 Å². The van der Waals surface area contributed by atoms with E-state index in [2.05, 4.69) is 0 Å². The van der Waals surface area contributed by atoms with E-state index >= 15 is 0 Å². The van der Waals surface area contributed by atoms with E-state index in [9.17, 15) is 13.0 Å². The summed E-state index contributed by atoms with van der Waals surface area (Å²) >= 11 is 0. The highest BCUT2D eigenvalue weighted by molar-refractivity contribution is 7.94. The summed E-state index contributed by atoms with van der Waals surface area (Å²) in [6.07, 6.45) is 0.645. The predicted octanol–water partition coefficient (Wildman–Crippen LogP) is 1.23. The van der Waals surface area contributed by atoms with Crippen LogP contribution in [0, 0.1) is 0 Å². The summed E-state index contributed by atoms with van der Waals surface area (Å²) in [5.41, 5.74) is -0.576. The third-order valence-electron chi connectivity index (χ3n) is 1.55. The van der Waals surface area contributed by atoms with Gasteiger partial charge in [-0.1, -0.05) is 13.8 Å². The van der Waals surface area contributed by atoms with Crippen molar-refractivity contribution in [3.8, 4) is 0 Å². The second kappa shape index (κ2) is 3.70. The lowest BCUT2D eigenvalue weighted by Crippen LogP contribution is -2.07. The fraction of sp³-hybridized carbons (Fsp3) is 1.00. The Balaban J connectivity index is 4.47. The average molecular weight is 200 g/mol. The topological polar surface area (TPSA) is 71.4 Å². The molecule has 68 valence electrons. The van der Waals surface area contributed by atoms with Crippen LogP contribution in [-0.4, -0.2) is 30.8 Å². The van der Waals surface area contributed by atoms with Gasteiger partial charge < -0.3 is 4.57 Å². The van der Waals surface area contributed by atoms with E-state index in [0.29, 0.717) is 12.3 Å². The molecular weight excluding hydrogens is 187 g/mol. The monoisotopic (exact) mass is 200 g/mol. The molecule has 11 heavy (non-hydrogen) atoms. The van der Waals surface area contributed by atoms with Gasteiger partial charge >= 0.3 is 0 Å². The lowest BCUT2D eigenvalue weighted by molar-refractivity contribution is 0.487. The van der Waals surface area contributed by atoms with Gasteiger partial charge in [0.15, 0.2) is 0 Å². The number of rotatable bonds is 4.